The molecule has 1 aromatic heterocycles. The van der Waals surface area contributed by atoms with Crippen molar-refractivity contribution in [3.05, 3.63) is 45.5 Å². The number of nitrogens with zero attached hydrogens (tertiary/aromatic N) is 3. The predicted octanol–water partition coefficient (Wildman–Crippen LogP) is 2.96. The average Bonchev–Trinajstić information content (AvgIpc) is 2.42. The summed E-state index contributed by atoms with van der Waals surface area (Å²) in [4.78, 5) is 17.9. The van der Waals surface area contributed by atoms with Crippen molar-refractivity contribution in [2.24, 2.45) is 0 Å². The Kier molecular flexibility index (Phi) is 3.94. The van der Waals surface area contributed by atoms with E-state index < -0.39 is 16.4 Å². The van der Waals surface area contributed by atoms with Crippen molar-refractivity contribution >= 4 is 34.6 Å². The van der Waals surface area contributed by atoms with E-state index in [4.69, 9.17) is 11.6 Å². The molecule has 104 valence electrons. The van der Waals surface area contributed by atoms with Crippen molar-refractivity contribution in [3.8, 4) is 0 Å². The molecule has 0 saturated heterocycles. The van der Waals surface area contributed by atoms with E-state index in [9.17, 15) is 14.5 Å². The molecule has 0 amide bonds. The second-order valence-corrected chi connectivity index (χ2v) is 4.06. The van der Waals surface area contributed by atoms with Crippen LogP contribution in [0.25, 0.3) is 0 Å². The van der Waals surface area contributed by atoms with Crippen molar-refractivity contribution in [2.75, 3.05) is 17.7 Å². The van der Waals surface area contributed by atoms with Crippen LogP contribution in [0.2, 0.25) is 5.02 Å². The van der Waals surface area contributed by atoms with Gasteiger partial charge in [0, 0.05) is 7.05 Å². The van der Waals surface area contributed by atoms with Gasteiger partial charge in [0.05, 0.1) is 15.6 Å². The fourth-order valence-electron chi connectivity index (χ4n) is 1.56. The Bertz CT molecular complexity index is 647. The minimum absolute atomic E-state index is 0.0139. The normalized spacial score (nSPS) is 10.2. The molecule has 0 bridgehead atoms. The SMILES string of the molecule is CNc1ncnc(Nc2c(F)cccc2Cl)c1[N+](=O)[O-]. The van der Waals surface area contributed by atoms with Gasteiger partial charge in [-0.15, -0.1) is 0 Å². The molecule has 1 aromatic carbocycles. The number of rotatable bonds is 4. The van der Waals surface area contributed by atoms with Crippen LogP contribution >= 0.6 is 11.6 Å². The standard InChI is InChI=1S/C11H9ClFN5O2/c1-14-10-9(18(19)20)11(16-5-15-10)17-8-6(12)3-2-4-7(8)13/h2-5H,1H3,(H2,14,15,16,17). The van der Waals surface area contributed by atoms with Crippen molar-refractivity contribution in [1.82, 2.24) is 9.97 Å². The molecule has 7 nitrogen and oxygen atoms in total. The maximum absolute atomic E-state index is 13.7. The van der Waals surface area contributed by atoms with Gasteiger partial charge in [0.2, 0.25) is 11.6 Å². The number of aromatic nitrogens is 2. The molecule has 0 saturated carbocycles. The monoisotopic (exact) mass is 297 g/mol. The lowest BCUT2D eigenvalue weighted by Gasteiger charge is -2.10. The Morgan fingerprint density at radius 2 is 2.05 bits per heavy atom. The topological polar surface area (TPSA) is 93.0 Å². The lowest BCUT2D eigenvalue weighted by Crippen LogP contribution is -2.06. The highest BCUT2D eigenvalue weighted by Crippen LogP contribution is 2.34. The number of nitrogens with one attached hydrogen (secondary N) is 2. The first-order valence-electron chi connectivity index (χ1n) is 5.42. The van der Waals surface area contributed by atoms with Gasteiger partial charge in [-0.05, 0) is 12.1 Å². The van der Waals surface area contributed by atoms with Crippen LogP contribution in [0.3, 0.4) is 0 Å². The molecule has 2 N–H and O–H groups in total. The van der Waals surface area contributed by atoms with Gasteiger partial charge in [0.15, 0.2) is 0 Å². The van der Waals surface area contributed by atoms with E-state index in [1.54, 1.807) is 0 Å². The van der Waals surface area contributed by atoms with E-state index >= 15 is 0 Å². The summed E-state index contributed by atoms with van der Waals surface area (Å²) in [5.41, 5.74) is -0.479. The number of benzene rings is 1. The zero-order valence-corrected chi connectivity index (χ0v) is 11.0. The minimum atomic E-state index is -0.664. The van der Waals surface area contributed by atoms with Crippen molar-refractivity contribution < 1.29 is 9.31 Å². The summed E-state index contributed by atoms with van der Waals surface area (Å²) in [5, 5.41) is 16.3. The molecule has 0 aliphatic carbocycles. The smallest absolute Gasteiger partial charge is 0.353 e. The van der Waals surface area contributed by atoms with E-state index in [2.05, 4.69) is 20.6 Å². The highest BCUT2D eigenvalue weighted by molar-refractivity contribution is 6.33. The maximum Gasteiger partial charge on any atom is 0.353 e. The molecule has 0 atom stereocenters. The first-order chi connectivity index (χ1) is 9.54. The summed E-state index contributed by atoms with van der Waals surface area (Å²) in [6, 6.07) is 4.06. The molecule has 1 heterocycles. The molecule has 0 aliphatic rings. The first kappa shape index (κ1) is 13.9. The van der Waals surface area contributed by atoms with Crippen LogP contribution in [0.1, 0.15) is 0 Å². The highest BCUT2D eigenvalue weighted by atomic mass is 35.5. The fourth-order valence-corrected chi connectivity index (χ4v) is 1.77. The summed E-state index contributed by atoms with van der Waals surface area (Å²) in [7, 11) is 1.48. The molecule has 0 radical (unpaired) electrons. The van der Waals surface area contributed by atoms with Gasteiger partial charge in [-0.2, -0.15) is 0 Å². The molecule has 2 aromatic rings. The lowest BCUT2D eigenvalue weighted by molar-refractivity contribution is -0.383. The summed E-state index contributed by atoms with van der Waals surface area (Å²) in [5.74, 6) is -0.780. The van der Waals surface area contributed by atoms with Crippen LogP contribution in [-0.2, 0) is 0 Å². The van der Waals surface area contributed by atoms with Crippen molar-refractivity contribution in [3.63, 3.8) is 0 Å². The Morgan fingerprint density at radius 3 is 2.65 bits per heavy atom. The third kappa shape index (κ3) is 2.59. The summed E-state index contributed by atoms with van der Waals surface area (Å²) in [6.45, 7) is 0. The van der Waals surface area contributed by atoms with Gasteiger partial charge in [-0.25, -0.2) is 14.4 Å². The highest BCUT2D eigenvalue weighted by Gasteiger charge is 2.23. The van der Waals surface area contributed by atoms with Crippen LogP contribution < -0.4 is 10.6 Å². The number of hydrogen-bond acceptors (Lipinski definition) is 6. The Labute approximate surface area is 118 Å². The van der Waals surface area contributed by atoms with Crippen molar-refractivity contribution in [1.29, 1.82) is 0 Å². The van der Waals surface area contributed by atoms with E-state index in [-0.39, 0.29) is 22.3 Å². The number of nitro groups is 1. The van der Waals surface area contributed by atoms with Crippen molar-refractivity contribution in [2.45, 2.75) is 0 Å². The van der Waals surface area contributed by atoms with Crippen LogP contribution in [0.5, 0.6) is 0 Å². The van der Waals surface area contributed by atoms with Crippen LogP contribution in [-0.4, -0.2) is 21.9 Å². The van der Waals surface area contributed by atoms with Gasteiger partial charge >= 0.3 is 5.69 Å². The molecule has 2 rings (SSSR count). The zero-order valence-electron chi connectivity index (χ0n) is 10.2. The van der Waals surface area contributed by atoms with E-state index in [1.807, 2.05) is 0 Å². The van der Waals surface area contributed by atoms with Gasteiger partial charge in [-0.1, -0.05) is 17.7 Å². The second-order valence-electron chi connectivity index (χ2n) is 3.65. The Hall–Kier alpha value is -2.48. The number of hydrogen-bond donors (Lipinski definition) is 2. The molecule has 9 heteroatoms. The zero-order chi connectivity index (χ0) is 14.7. The molecule has 20 heavy (non-hydrogen) atoms. The molecule has 0 aliphatic heterocycles. The van der Waals surface area contributed by atoms with E-state index in [1.165, 1.54) is 25.2 Å². The number of para-hydroxylation sites is 1. The molecular weight excluding hydrogens is 289 g/mol. The average molecular weight is 298 g/mol. The summed E-state index contributed by atoms with van der Waals surface area (Å²) >= 11 is 5.85. The first-order valence-corrected chi connectivity index (χ1v) is 5.80. The van der Waals surface area contributed by atoms with Gasteiger partial charge in [0.1, 0.15) is 12.1 Å². The third-order valence-electron chi connectivity index (χ3n) is 2.45. The predicted molar refractivity (Wildman–Crippen MR) is 72.9 cm³/mol. The largest absolute Gasteiger partial charge is 0.367 e. The van der Waals surface area contributed by atoms with E-state index in [0.29, 0.717) is 0 Å². The third-order valence-corrected chi connectivity index (χ3v) is 2.76. The quantitative estimate of drug-likeness (QED) is 0.665. The van der Waals surface area contributed by atoms with Gasteiger partial charge in [-0.3, -0.25) is 10.1 Å². The molecular formula is C11H9ClFN5O2. The van der Waals surface area contributed by atoms with Gasteiger partial charge in [0.25, 0.3) is 0 Å². The minimum Gasteiger partial charge on any atom is -0.367 e. The maximum atomic E-state index is 13.7. The van der Waals surface area contributed by atoms with Crippen LogP contribution in [0.4, 0.5) is 27.4 Å². The van der Waals surface area contributed by atoms with Crippen LogP contribution in [0, 0.1) is 15.9 Å². The van der Waals surface area contributed by atoms with Gasteiger partial charge < -0.3 is 10.6 Å². The second kappa shape index (κ2) is 5.66. The Morgan fingerprint density at radius 1 is 1.35 bits per heavy atom. The fraction of sp³-hybridized carbons (Fsp3) is 0.0909. The van der Waals surface area contributed by atoms with Crippen LogP contribution in [0.15, 0.2) is 24.5 Å². The molecule has 0 unspecified atom stereocenters. The summed E-state index contributed by atoms with van der Waals surface area (Å²) in [6.07, 6.45) is 1.12. The lowest BCUT2D eigenvalue weighted by atomic mass is 10.3. The van der Waals surface area contributed by atoms with E-state index in [0.717, 1.165) is 6.33 Å². The summed E-state index contributed by atoms with van der Waals surface area (Å²) < 4.78 is 13.7. The number of halogens is 2. The number of anilines is 3. The Balaban J connectivity index is 2.51. The molecule has 0 fully saturated rings. The molecule has 0 spiro atoms.